The highest BCUT2D eigenvalue weighted by Gasteiger charge is 2.29. The third-order valence-electron chi connectivity index (χ3n) is 3.66. The Hall–Kier alpha value is -2.89. The van der Waals surface area contributed by atoms with Crippen LogP contribution < -0.4 is 10.1 Å². The highest BCUT2D eigenvalue weighted by Crippen LogP contribution is 2.29. The second-order valence-electron chi connectivity index (χ2n) is 5.28. The molecule has 0 unspecified atom stereocenters. The number of benzene rings is 2. The van der Waals surface area contributed by atoms with Crippen LogP contribution in [0.15, 0.2) is 42.5 Å². The van der Waals surface area contributed by atoms with Crippen molar-refractivity contribution in [3.05, 3.63) is 65.0 Å². The molecule has 1 amide bonds. The summed E-state index contributed by atoms with van der Waals surface area (Å²) in [6.07, 6.45) is -0.346. The van der Waals surface area contributed by atoms with Crippen LogP contribution in [0.3, 0.4) is 0 Å². The topological polar surface area (TPSA) is 75.6 Å². The lowest BCUT2D eigenvalue weighted by atomic mass is 10.1. The van der Waals surface area contributed by atoms with Crippen molar-refractivity contribution in [3.63, 3.8) is 0 Å². The molecule has 0 radical (unpaired) electrons. The van der Waals surface area contributed by atoms with Gasteiger partial charge in [0.1, 0.15) is 11.6 Å². The van der Waals surface area contributed by atoms with Crippen LogP contribution in [-0.4, -0.2) is 23.1 Å². The molecule has 0 spiro atoms. The number of aromatic carboxylic acids is 1. The molecular weight excluding hydrogens is 301 g/mol. The van der Waals surface area contributed by atoms with Crippen molar-refractivity contribution in [1.82, 2.24) is 5.32 Å². The average molecular weight is 315 g/mol. The molecule has 1 aliphatic rings. The predicted molar refractivity (Wildman–Crippen MR) is 79.8 cm³/mol. The second kappa shape index (κ2) is 6.08. The normalized spacial score (nSPS) is 15.6. The number of ether oxygens (including phenoxy) is 1. The van der Waals surface area contributed by atoms with Crippen molar-refractivity contribution in [2.45, 2.75) is 19.1 Å². The zero-order valence-electron chi connectivity index (χ0n) is 12.1. The van der Waals surface area contributed by atoms with Gasteiger partial charge in [-0.2, -0.15) is 0 Å². The molecule has 3 rings (SSSR count). The van der Waals surface area contributed by atoms with E-state index in [0.717, 1.165) is 5.56 Å². The number of carbonyl (C=O) groups is 2. The summed E-state index contributed by atoms with van der Waals surface area (Å²) in [6, 6.07) is 10.4. The fourth-order valence-corrected chi connectivity index (χ4v) is 2.43. The molecule has 0 aromatic heterocycles. The number of carboxylic acids is 1. The molecule has 5 nitrogen and oxygen atoms in total. The zero-order chi connectivity index (χ0) is 16.4. The summed E-state index contributed by atoms with van der Waals surface area (Å²) in [5.41, 5.74) is 1.65. The molecule has 0 fully saturated rings. The lowest BCUT2D eigenvalue weighted by Crippen LogP contribution is -2.37. The molecule has 6 heteroatoms. The minimum atomic E-state index is -0.995. The van der Waals surface area contributed by atoms with Gasteiger partial charge < -0.3 is 15.2 Å². The molecule has 2 N–H and O–H groups in total. The van der Waals surface area contributed by atoms with E-state index in [1.165, 1.54) is 30.3 Å². The summed E-state index contributed by atoms with van der Waals surface area (Å²) in [6.45, 7) is 0.267. The van der Waals surface area contributed by atoms with Gasteiger partial charge in [0, 0.05) is 18.5 Å². The smallest absolute Gasteiger partial charge is 0.335 e. The van der Waals surface area contributed by atoms with E-state index in [4.69, 9.17) is 9.84 Å². The number of halogens is 1. The van der Waals surface area contributed by atoms with Crippen LogP contribution in [0.2, 0.25) is 0 Å². The number of rotatable bonds is 4. The van der Waals surface area contributed by atoms with Crippen molar-refractivity contribution in [1.29, 1.82) is 0 Å². The van der Waals surface area contributed by atoms with E-state index in [1.807, 2.05) is 0 Å². The van der Waals surface area contributed by atoms with Gasteiger partial charge in [-0.25, -0.2) is 9.18 Å². The third-order valence-corrected chi connectivity index (χ3v) is 3.66. The van der Waals surface area contributed by atoms with Crippen molar-refractivity contribution >= 4 is 11.9 Å². The van der Waals surface area contributed by atoms with E-state index in [9.17, 15) is 14.0 Å². The first-order chi connectivity index (χ1) is 11.0. The summed E-state index contributed by atoms with van der Waals surface area (Å²) >= 11 is 0. The highest BCUT2D eigenvalue weighted by atomic mass is 19.1. The van der Waals surface area contributed by atoms with Gasteiger partial charge in [0.25, 0.3) is 5.91 Å². The Morgan fingerprint density at radius 3 is 2.65 bits per heavy atom. The maximum Gasteiger partial charge on any atom is 0.335 e. The second-order valence-corrected chi connectivity index (χ2v) is 5.28. The Bertz CT molecular complexity index is 758. The lowest BCUT2D eigenvalue weighted by Gasteiger charge is -2.11. The van der Waals surface area contributed by atoms with E-state index in [0.29, 0.717) is 17.7 Å². The lowest BCUT2D eigenvalue weighted by molar-refractivity contribution is -0.127. The molecule has 23 heavy (non-hydrogen) atoms. The zero-order valence-corrected chi connectivity index (χ0v) is 12.1. The van der Waals surface area contributed by atoms with Gasteiger partial charge in [-0.05, 0) is 35.9 Å². The van der Waals surface area contributed by atoms with Gasteiger partial charge in [0.15, 0.2) is 6.10 Å². The molecule has 1 atom stereocenters. The Balaban J connectivity index is 1.57. The molecular formula is C17H14FNO4. The Morgan fingerprint density at radius 2 is 1.96 bits per heavy atom. The maximum absolute atomic E-state index is 13.2. The van der Waals surface area contributed by atoms with Crippen molar-refractivity contribution in [3.8, 4) is 5.75 Å². The number of hydrogen-bond acceptors (Lipinski definition) is 3. The number of carboxylic acid groups (broad SMARTS) is 1. The summed E-state index contributed by atoms with van der Waals surface area (Å²) in [5.74, 6) is -1.11. The summed E-state index contributed by atoms with van der Waals surface area (Å²) in [7, 11) is 0. The average Bonchev–Trinajstić information content (AvgIpc) is 2.96. The van der Waals surface area contributed by atoms with E-state index in [-0.39, 0.29) is 23.8 Å². The first-order valence-corrected chi connectivity index (χ1v) is 7.08. The standard InChI is InChI=1S/C17H14FNO4/c18-13-5-6-14-12(7-13)8-15(23-14)16(20)19-9-10-1-3-11(4-2-10)17(21)22/h1-7,15H,8-9H2,(H,19,20)(H,21,22)/t15-/m0/s1. The molecule has 0 saturated heterocycles. The Labute approximate surface area is 131 Å². The van der Waals surface area contributed by atoms with Crippen LogP contribution in [-0.2, 0) is 17.8 Å². The monoisotopic (exact) mass is 315 g/mol. The number of nitrogens with one attached hydrogen (secondary N) is 1. The summed E-state index contributed by atoms with van der Waals surface area (Å²) in [4.78, 5) is 22.9. The molecule has 0 bridgehead atoms. The molecule has 1 aliphatic heterocycles. The van der Waals surface area contributed by atoms with Crippen LogP contribution in [0, 0.1) is 5.82 Å². The largest absolute Gasteiger partial charge is 0.480 e. The van der Waals surface area contributed by atoms with Crippen molar-refractivity contribution in [2.75, 3.05) is 0 Å². The van der Waals surface area contributed by atoms with Crippen LogP contribution >= 0.6 is 0 Å². The molecule has 1 heterocycles. The first-order valence-electron chi connectivity index (χ1n) is 7.08. The van der Waals surface area contributed by atoms with Gasteiger partial charge in [0.05, 0.1) is 5.56 Å². The van der Waals surface area contributed by atoms with E-state index >= 15 is 0 Å². The molecule has 2 aromatic rings. The van der Waals surface area contributed by atoms with E-state index < -0.39 is 12.1 Å². The van der Waals surface area contributed by atoms with Gasteiger partial charge >= 0.3 is 5.97 Å². The van der Waals surface area contributed by atoms with Gasteiger partial charge in [-0.1, -0.05) is 12.1 Å². The Morgan fingerprint density at radius 1 is 1.22 bits per heavy atom. The van der Waals surface area contributed by atoms with Crippen LogP contribution in [0.1, 0.15) is 21.5 Å². The number of fused-ring (bicyclic) bond motifs is 1. The van der Waals surface area contributed by atoms with E-state index in [1.54, 1.807) is 12.1 Å². The molecule has 118 valence electrons. The fraction of sp³-hybridized carbons (Fsp3) is 0.176. The molecule has 0 saturated carbocycles. The van der Waals surface area contributed by atoms with Crippen LogP contribution in [0.5, 0.6) is 5.75 Å². The minimum Gasteiger partial charge on any atom is -0.480 e. The number of hydrogen-bond donors (Lipinski definition) is 2. The number of amides is 1. The predicted octanol–water partition coefficient (Wildman–Crippen LogP) is 2.14. The summed E-state index contributed by atoms with van der Waals surface area (Å²) in [5, 5.41) is 11.6. The van der Waals surface area contributed by atoms with E-state index in [2.05, 4.69) is 5.32 Å². The first kappa shape index (κ1) is 15.0. The fourth-order valence-electron chi connectivity index (χ4n) is 2.43. The molecule has 0 aliphatic carbocycles. The molecule has 2 aromatic carbocycles. The minimum absolute atomic E-state index is 0.191. The number of carbonyl (C=O) groups excluding carboxylic acids is 1. The SMILES string of the molecule is O=C(O)c1ccc(CNC(=O)[C@@H]2Cc3cc(F)ccc3O2)cc1. The van der Waals surface area contributed by atoms with Crippen LogP contribution in [0.4, 0.5) is 4.39 Å². The Kier molecular flexibility index (Phi) is 3.97. The van der Waals surface area contributed by atoms with Gasteiger partial charge in [0.2, 0.25) is 0 Å². The van der Waals surface area contributed by atoms with Crippen molar-refractivity contribution in [2.24, 2.45) is 0 Å². The maximum atomic E-state index is 13.2. The third kappa shape index (κ3) is 3.31. The highest BCUT2D eigenvalue weighted by molar-refractivity contribution is 5.87. The summed E-state index contributed by atoms with van der Waals surface area (Å²) < 4.78 is 18.7. The quantitative estimate of drug-likeness (QED) is 0.906. The van der Waals surface area contributed by atoms with Gasteiger partial charge in [-0.3, -0.25) is 4.79 Å². The van der Waals surface area contributed by atoms with Gasteiger partial charge in [-0.15, -0.1) is 0 Å². The van der Waals surface area contributed by atoms with Crippen LogP contribution in [0.25, 0.3) is 0 Å². The van der Waals surface area contributed by atoms with Crippen molar-refractivity contribution < 1.29 is 23.8 Å².